The molecule has 0 radical (unpaired) electrons. The fourth-order valence-corrected chi connectivity index (χ4v) is 2.47. The smallest absolute Gasteiger partial charge is 0.0514 e. The van der Waals surface area contributed by atoms with Gasteiger partial charge in [-0.1, -0.05) is 26.0 Å². The lowest BCUT2D eigenvalue weighted by Gasteiger charge is -2.21. The Morgan fingerprint density at radius 3 is 2.56 bits per heavy atom. The minimum atomic E-state index is 0.488. The third-order valence-electron chi connectivity index (χ3n) is 4.16. The van der Waals surface area contributed by atoms with E-state index in [-0.39, 0.29) is 0 Å². The minimum Gasteiger partial charge on any atom is -0.382 e. The van der Waals surface area contributed by atoms with Gasteiger partial charge in [-0.05, 0) is 43.4 Å². The maximum atomic E-state index is 5.44. The molecule has 0 aliphatic carbocycles. The Hall–Kier alpha value is -1.02. The van der Waals surface area contributed by atoms with Gasteiger partial charge < -0.3 is 10.1 Å². The number of rotatable bonds is 5. The lowest BCUT2D eigenvalue weighted by atomic mass is 9.97. The van der Waals surface area contributed by atoms with Crippen molar-refractivity contribution in [1.82, 2.24) is 0 Å². The van der Waals surface area contributed by atoms with Gasteiger partial charge in [-0.25, -0.2) is 0 Å². The predicted octanol–water partition coefficient (Wildman–Crippen LogP) is 4.04. The molecule has 0 saturated carbocycles. The van der Waals surface area contributed by atoms with Crippen LogP contribution in [0.1, 0.15) is 45.1 Å². The van der Waals surface area contributed by atoms with Gasteiger partial charge in [-0.3, -0.25) is 0 Å². The van der Waals surface area contributed by atoms with Crippen LogP contribution in [0.2, 0.25) is 0 Å². The van der Waals surface area contributed by atoms with Crippen molar-refractivity contribution in [3.05, 3.63) is 29.8 Å². The number of benzene rings is 1. The fourth-order valence-electron chi connectivity index (χ4n) is 2.47. The molecular weight excluding hydrogens is 222 g/mol. The van der Waals surface area contributed by atoms with E-state index in [0.717, 1.165) is 13.2 Å². The first-order valence-electron chi connectivity index (χ1n) is 7.15. The maximum Gasteiger partial charge on any atom is 0.0514 e. The molecule has 1 N–H and O–H groups in total. The molecule has 3 unspecified atom stereocenters. The largest absolute Gasteiger partial charge is 0.382 e. The Kier molecular flexibility index (Phi) is 4.65. The molecule has 2 nitrogen and oxygen atoms in total. The lowest BCUT2D eigenvalue weighted by Crippen LogP contribution is -2.26. The summed E-state index contributed by atoms with van der Waals surface area (Å²) in [5.41, 5.74) is 2.65. The predicted molar refractivity (Wildman–Crippen MR) is 77.2 cm³/mol. The van der Waals surface area contributed by atoms with Gasteiger partial charge >= 0.3 is 0 Å². The van der Waals surface area contributed by atoms with Crippen LogP contribution in [0.5, 0.6) is 0 Å². The molecule has 2 rings (SSSR count). The number of ether oxygens (including phenoxy) is 1. The monoisotopic (exact) mass is 247 g/mol. The van der Waals surface area contributed by atoms with Crippen molar-refractivity contribution in [2.24, 2.45) is 5.92 Å². The number of nitrogens with one attached hydrogen (secondary N) is 1. The SMILES string of the molecule is CCC(C)c1ccc(NC(C)C2CCOC2)cc1. The van der Waals surface area contributed by atoms with Crippen LogP contribution in [0.3, 0.4) is 0 Å². The zero-order chi connectivity index (χ0) is 13.0. The summed E-state index contributed by atoms with van der Waals surface area (Å²) in [5, 5.41) is 3.59. The van der Waals surface area contributed by atoms with Crippen molar-refractivity contribution in [2.75, 3.05) is 18.5 Å². The molecule has 1 aromatic carbocycles. The highest BCUT2D eigenvalue weighted by Crippen LogP contribution is 2.23. The van der Waals surface area contributed by atoms with E-state index < -0.39 is 0 Å². The molecule has 18 heavy (non-hydrogen) atoms. The normalized spacial score (nSPS) is 22.7. The van der Waals surface area contributed by atoms with Crippen molar-refractivity contribution in [2.45, 2.75) is 45.6 Å². The molecule has 0 bridgehead atoms. The van der Waals surface area contributed by atoms with E-state index >= 15 is 0 Å². The van der Waals surface area contributed by atoms with Gasteiger partial charge in [-0.15, -0.1) is 0 Å². The van der Waals surface area contributed by atoms with Gasteiger partial charge in [0.25, 0.3) is 0 Å². The first-order valence-corrected chi connectivity index (χ1v) is 7.15. The summed E-state index contributed by atoms with van der Waals surface area (Å²) in [6, 6.07) is 9.38. The second-order valence-corrected chi connectivity index (χ2v) is 5.49. The van der Waals surface area contributed by atoms with Crippen LogP contribution >= 0.6 is 0 Å². The second kappa shape index (κ2) is 6.24. The molecule has 1 aliphatic rings. The minimum absolute atomic E-state index is 0.488. The molecule has 1 heterocycles. The van der Waals surface area contributed by atoms with Crippen molar-refractivity contribution < 1.29 is 4.74 Å². The van der Waals surface area contributed by atoms with Gasteiger partial charge in [-0.2, -0.15) is 0 Å². The summed E-state index contributed by atoms with van der Waals surface area (Å²) in [6.07, 6.45) is 2.38. The highest BCUT2D eigenvalue weighted by atomic mass is 16.5. The van der Waals surface area contributed by atoms with Crippen LogP contribution in [0.15, 0.2) is 24.3 Å². The summed E-state index contributed by atoms with van der Waals surface area (Å²) in [5.74, 6) is 1.30. The van der Waals surface area contributed by atoms with Crippen LogP contribution in [-0.2, 0) is 4.74 Å². The Morgan fingerprint density at radius 2 is 2.00 bits per heavy atom. The molecule has 0 aromatic heterocycles. The Balaban J connectivity index is 1.93. The number of hydrogen-bond acceptors (Lipinski definition) is 2. The summed E-state index contributed by atoms with van der Waals surface area (Å²) < 4.78 is 5.44. The molecule has 1 saturated heterocycles. The van der Waals surface area contributed by atoms with Crippen molar-refractivity contribution >= 4 is 5.69 Å². The Bertz CT molecular complexity index is 354. The van der Waals surface area contributed by atoms with Crippen molar-refractivity contribution in [1.29, 1.82) is 0 Å². The van der Waals surface area contributed by atoms with E-state index in [1.165, 1.54) is 24.1 Å². The Morgan fingerprint density at radius 1 is 1.28 bits per heavy atom. The average Bonchev–Trinajstić information content (AvgIpc) is 2.92. The summed E-state index contributed by atoms with van der Waals surface area (Å²) in [6.45, 7) is 8.59. The highest BCUT2D eigenvalue weighted by molar-refractivity contribution is 5.46. The number of anilines is 1. The first kappa shape index (κ1) is 13.4. The topological polar surface area (TPSA) is 21.3 Å². The van der Waals surface area contributed by atoms with Crippen LogP contribution in [-0.4, -0.2) is 19.3 Å². The summed E-state index contributed by atoms with van der Waals surface area (Å²) in [7, 11) is 0. The van der Waals surface area contributed by atoms with Crippen molar-refractivity contribution in [3.63, 3.8) is 0 Å². The Labute approximate surface area is 111 Å². The second-order valence-electron chi connectivity index (χ2n) is 5.49. The lowest BCUT2D eigenvalue weighted by molar-refractivity contribution is 0.183. The van der Waals surface area contributed by atoms with Crippen LogP contribution in [0, 0.1) is 5.92 Å². The molecule has 0 amide bonds. The van der Waals surface area contributed by atoms with E-state index in [1.54, 1.807) is 0 Å². The van der Waals surface area contributed by atoms with Crippen LogP contribution in [0.25, 0.3) is 0 Å². The van der Waals surface area contributed by atoms with Gasteiger partial charge in [0.1, 0.15) is 0 Å². The molecule has 2 heteroatoms. The average molecular weight is 247 g/mol. The summed E-state index contributed by atoms with van der Waals surface area (Å²) in [4.78, 5) is 0. The quantitative estimate of drug-likeness (QED) is 0.848. The third kappa shape index (κ3) is 3.26. The van der Waals surface area contributed by atoms with Gasteiger partial charge in [0.15, 0.2) is 0 Å². The molecule has 100 valence electrons. The molecule has 0 spiro atoms. The van der Waals surface area contributed by atoms with Gasteiger partial charge in [0.2, 0.25) is 0 Å². The first-order chi connectivity index (χ1) is 8.70. The van der Waals surface area contributed by atoms with E-state index in [4.69, 9.17) is 4.74 Å². The highest BCUT2D eigenvalue weighted by Gasteiger charge is 2.21. The zero-order valence-electron chi connectivity index (χ0n) is 11.8. The molecule has 1 aliphatic heterocycles. The van der Waals surface area contributed by atoms with E-state index in [9.17, 15) is 0 Å². The standard InChI is InChI=1S/C16H25NO/c1-4-12(2)14-5-7-16(8-6-14)17-13(3)15-9-10-18-11-15/h5-8,12-13,15,17H,4,9-11H2,1-3H3. The van der Waals surface area contributed by atoms with E-state index in [2.05, 4.69) is 50.4 Å². The molecule has 3 atom stereocenters. The number of hydrogen-bond donors (Lipinski definition) is 1. The molecule has 1 fully saturated rings. The molecule has 1 aromatic rings. The molecular formula is C16H25NO. The van der Waals surface area contributed by atoms with E-state index in [0.29, 0.717) is 17.9 Å². The third-order valence-corrected chi connectivity index (χ3v) is 4.16. The van der Waals surface area contributed by atoms with E-state index in [1.807, 2.05) is 0 Å². The summed E-state index contributed by atoms with van der Waals surface area (Å²) >= 11 is 0. The van der Waals surface area contributed by atoms with Crippen LogP contribution < -0.4 is 5.32 Å². The van der Waals surface area contributed by atoms with Gasteiger partial charge in [0.05, 0.1) is 6.61 Å². The fraction of sp³-hybridized carbons (Fsp3) is 0.625. The zero-order valence-corrected chi connectivity index (χ0v) is 11.8. The van der Waals surface area contributed by atoms with Crippen LogP contribution in [0.4, 0.5) is 5.69 Å². The van der Waals surface area contributed by atoms with Gasteiger partial charge in [0, 0.05) is 24.3 Å². The maximum absolute atomic E-state index is 5.44. The van der Waals surface area contributed by atoms with Crippen molar-refractivity contribution in [3.8, 4) is 0 Å².